The molecule has 3 N–H and O–H groups in total. The van der Waals surface area contributed by atoms with Crippen LogP contribution in [0.2, 0.25) is 0 Å². The average Bonchev–Trinajstić information content (AvgIpc) is 2.28. The molecule has 0 fully saturated rings. The standard InChI is InChI=1S/C14H30N2O3/c1-7-8-14(5,10-17)16-12(18)15-11(2)9-13(3,4)19-6/h11,17H,7-10H2,1-6H3,(H2,15,16,18). The largest absolute Gasteiger partial charge is 0.394 e. The van der Waals surface area contributed by atoms with E-state index in [9.17, 15) is 9.90 Å². The summed E-state index contributed by atoms with van der Waals surface area (Å²) in [6.07, 6.45) is 2.37. The number of hydrogen-bond acceptors (Lipinski definition) is 3. The molecule has 0 radical (unpaired) electrons. The fraction of sp³-hybridized carbons (Fsp3) is 0.929. The Morgan fingerprint density at radius 1 is 1.37 bits per heavy atom. The molecule has 0 aliphatic carbocycles. The van der Waals surface area contributed by atoms with Crippen LogP contribution < -0.4 is 10.6 Å². The summed E-state index contributed by atoms with van der Waals surface area (Å²) in [6.45, 7) is 9.72. The zero-order valence-electron chi connectivity index (χ0n) is 13.2. The number of amides is 2. The van der Waals surface area contributed by atoms with Crippen molar-refractivity contribution in [3.8, 4) is 0 Å². The van der Waals surface area contributed by atoms with Crippen molar-refractivity contribution in [2.75, 3.05) is 13.7 Å². The van der Waals surface area contributed by atoms with Gasteiger partial charge >= 0.3 is 6.03 Å². The number of aliphatic hydroxyl groups is 1. The highest BCUT2D eigenvalue weighted by atomic mass is 16.5. The van der Waals surface area contributed by atoms with E-state index in [4.69, 9.17) is 4.74 Å². The number of rotatable bonds is 8. The van der Waals surface area contributed by atoms with Crippen molar-refractivity contribution in [1.82, 2.24) is 10.6 Å². The molecule has 114 valence electrons. The molecule has 0 aromatic heterocycles. The molecule has 0 spiro atoms. The molecule has 2 atom stereocenters. The van der Waals surface area contributed by atoms with Crippen LogP contribution in [0, 0.1) is 0 Å². The van der Waals surface area contributed by atoms with Crippen LogP contribution in [0.1, 0.15) is 53.9 Å². The van der Waals surface area contributed by atoms with Crippen LogP contribution in [0.5, 0.6) is 0 Å². The van der Waals surface area contributed by atoms with Gasteiger partial charge in [0.2, 0.25) is 0 Å². The van der Waals surface area contributed by atoms with Crippen molar-refractivity contribution in [2.45, 2.75) is 71.1 Å². The van der Waals surface area contributed by atoms with Crippen LogP contribution in [0.15, 0.2) is 0 Å². The number of methoxy groups -OCH3 is 1. The molecule has 0 aliphatic heterocycles. The zero-order valence-corrected chi connectivity index (χ0v) is 13.2. The summed E-state index contributed by atoms with van der Waals surface area (Å²) in [4.78, 5) is 11.9. The molecule has 0 bridgehead atoms. The highest BCUT2D eigenvalue weighted by molar-refractivity contribution is 5.75. The first kappa shape index (κ1) is 18.2. The lowest BCUT2D eigenvalue weighted by molar-refractivity contribution is 0.00939. The third-order valence-corrected chi connectivity index (χ3v) is 3.29. The lowest BCUT2D eigenvalue weighted by Crippen LogP contribution is -2.54. The van der Waals surface area contributed by atoms with Crippen molar-refractivity contribution in [3.63, 3.8) is 0 Å². The Hall–Kier alpha value is -0.810. The van der Waals surface area contributed by atoms with Crippen molar-refractivity contribution < 1.29 is 14.6 Å². The Morgan fingerprint density at radius 3 is 2.37 bits per heavy atom. The summed E-state index contributed by atoms with van der Waals surface area (Å²) in [7, 11) is 1.66. The number of ether oxygens (including phenoxy) is 1. The van der Waals surface area contributed by atoms with Gasteiger partial charge in [-0.1, -0.05) is 13.3 Å². The minimum atomic E-state index is -0.560. The zero-order chi connectivity index (χ0) is 15.1. The molecule has 19 heavy (non-hydrogen) atoms. The van der Waals surface area contributed by atoms with Crippen LogP contribution in [0.25, 0.3) is 0 Å². The molecular weight excluding hydrogens is 244 g/mol. The summed E-state index contributed by atoms with van der Waals surface area (Å²) in [6, 6.07) is -0.246. The molecule has 2 unspecified atom stereocenters. The second kappa shape index (κ2) is 7.70. The molecule has 0 aromatic carbocycles. The molecule has 0 saturated heterocycles. The van der Waals surface area contributed by atoms with Crippen LogP contribution >= 0.6 is 0 Å². The number of hydrogen-bond donors (Lipinski definition) is 3. The predicted molar refractivity (Wildman–Crippen MR) is 77.2 cm³/mol. The van der Waals surface area contributed by atoms with E-state index in [1.165, 1.54) is 0 Å². The average molecular weight is 274 g/mol. The first-order valence-corrected chi connectivity index (χ1v) is 6.92. The van der Waals surface area contributed by atoms with Gasteiger partial charge in [-0.2, -0.15) is 0 Å². The van der Waals surface area contributed by atoms with E-state index in [1.807, 2.05) is 34.6 Å². The van der Waals surface area contributed by atoms with Gasteiger partial charge in [-0.25, -0.2) is 4.79 Å². The molecule has 5 heteroatoms. The lowest BCUT2D eigenvalue weighted by atomic mass is 9.97. The fourth-order valence-electron chi connectivity index (χ4n) is 2.14. The molecule has 0 heterocycles. The van der Waals surface area contributed by atoms with Gasteiger partial charge in [-0.15, -0.1) is 0 Å². The van der Waals surface area contributed by atoms with Gasteiger partial charge in [-0.05, 0) is 40.5 Å². The topological polar surface area (TPSA) is 70.6 Å². The van der Waals surface area contributed by atoms with E-state index in [2.05, 4.69) is 10.6 Å². The quantitative estimate of drug-likeness (QED) is 0.634. The van der Waals surface area contributed by atoms with Gasteiger partial charge in [0.1, 0.15) is 0 Å². The Labute approximate surface area is 117 Å². The van der Waals surface area contributed by atoms with Gasteiger partial charge in [-0.3, -0.25) is 0 Å². The molecule has 0 saturated carbocycles. The summed E-state index contributed by atoms with van der Waals surface area (Å²) < 4.78 is 5.34. The minimum absolute atomic E-state index is 0.000445. The van der Waals surface area contributed by atoms with Crippen LogP contribution in [-0.2, 0) is 4.74 Å². The van der Waals surface area contributed by atoms with E-state index in [0.29, 0.717) is 0 Å². The highest BCUT2D eigenvalue weighted by Gasteiger charge is 2.26. The second-order valence-electron chi connectivity index (χ2n) is 6.14. The lowest BCUT2D eigenvalue weighted by Gasteiger charge is -2.31. The van der Waals surface area contributed by atoms with Crippen molar-refractivity contribution in [3.05, 3.63) is 0 Å². The number of carbonyl (C=O) groups is 1. The van der Waals surface area contributed by atoms with Gasteiger partial charge in [0.25, 0.3) is 0 Å². The molecule has 0 aliphatic rings. The van der Waals surface area contributed by atoms with Gasteiger partial charge < -0.3 is 20.5 Å². The van der Waals surface area contributed by atoms with Gasteiger partial charge in [0.15, 0.2) is 0 Å². The Kier molecular flexibility index (Phi) is 7.37. The van der Waals surface area contributed by atoms with E-state index in [0.717, 1.165) is 19.3 Å². The highest BCUT2D eigenvalue weighted by Crippen LogP contribution is 2.15. The van der Waals surface area contributed by atoms with Crippen molar-refractivity contribution in [2.24, 2.45) is 0 Å². The number of urea groups is 1. The first-order chi connectivity index (χ1) is 8.68. The van der Waals surface area contributed by atoms with Crippen LogP contribution in [0.3, 0.4) is 0 Å². The monoisotopic (exact) mass is 274 g/mol. The first-order valence-electron chi connectivity index (χ1n) is 6.92. The molecule has 0 aromatic rings. The Bertz CT molecular complexity index is 282. The summed E-state index contributed by atoms with van der Waals surface area (Å²) in [5, 5.41) is 15.1. The van der Waals surface area contributed by atoms with E-state index >= 15 is 0 Å². The van der Waals surface area contributed by atoms with Crippen LogP contribution in [0.4, 0.5) is 4.79 Å². The van der Waals surface area contributed by atoms with Gasteiger partial charge in [0, 0.05) is 13.2 Å². The van der Waals surface area contributed by atoms with Gasteiger partial charge in [0.05, 0.1) is 17.7 Å². The summed E-state index contributed by atoms with van der Waals surface area (Å²) in [5.41, 5.74) is -0.828. The number of nitrogens with one attached hydrogen (secondary N) is 2. The third kappa shape index (κ3) is 7.38. The fourth-order valence-corrected chi connectivity index (χ4v) is 2.14. The second-order valence-corrected chi connectivity index (χ2v) is 6.14. The van der Waals surface area contributed by atoms with E-state index in [1.54, 1.807) is 7.11 Å². The van der Waals surface area contributed by atoms with E-state index < -0.39 is 5.54 Å². The predicted octanol–water partition coefficient (Wildman–Crippen LogP) is 2.04. The summed E-state index contributed by atoms with van der Waals surface area (Å²) >= 11 is 0. The minimum Gasteiger partial charge on any atom is -0.394 e. The van der Waals surface area contributed by atoms with Crippen molar-refractivity contribution in [1.29, 1.82) is 0 Å². The molecule has 2 amide bonds. The Morgan fingerprint density at radius 2 is 1.95 bits per heavy atom. The molecule has 5 nitrogen and oxygen atoms in total. The molecule has 0 rings (SSSR count). The third-order valence-electron chi connectivity index (χ3n) is 3.29. The maximum atomic E-state index is 11.9. The SMILES string of the molecule is CCCC(C)(CO)NC(=O)NC(C)CC(C)(C)OC. The summed E-state index contributed by atoms with van der Waals surface area (Å²) in [5.74, 6) is 0. The van der Waals surface area contributed by atoms with E-state index in [-0.39, 0.29) is 24.3 Å². The smallest absolute Gasteiger partial charge is 0.315 e. The molecular formula is C14H30N2O3. The van der Waals surface area contributed by atoms with Crippen LogP contribution in [-0.4, -0.2) is 42.0 Å². The maximum absolute atomic E-state index is 11.9. The Balaban J connectivity index is 4.30. The normalized spacial score (nSPS) is 16.6. The van der Waals surface area contributed by atoms with Crippen molar-refractivity contribution >= 4 is 6.03 Å². The maximum Gasteiger partial charge on any atom is 0.315 e. The number of carbonyl (C=O) groups excluding carboxylic acids is 1. The number of aliphatic hydroxyl groups excluding tert-OH is 1.